The third-order valence-electron chi connectivity index (χ3n) is 6.53. The second-order valence-electron chi connectivity index (χ2n) is 8.27. The maximum absolute atomic E-state index is 10.7. The van der Waals surface area contributed by atoms with Crippen LogP contribution in [-0.4, -0.2) is 73.2 Å². The monoisotopic (exact) mass is 443 g/mol. The van der Waals surface area contributed by atoms with Crippen molar-refractivity contribution in [2.24, 2.45) is 10.2 Å². The second kappa shape index (κ2) is 9.30. The largest absolute Gasteiger partial charge is 0.366 e. The van der Waals surface area contributed by atoms with Crippen LogP contribution in [-0.2, 0) is 0 Å². The molecule has 2 bridgehead atoms. The lowest BCUT2D eigenvalue weighted by atomic mass is 10.1. The lowest BCUT2D eigenvalue weighted by Crippen LogP contribution is -2.68. The summed E-state index contributed by atoms with van der Waals surface area (Å²) in [6.45, 7) is 12.7. The van der Waals surface area contributed by atoms with Gasteiger partial charge in [0, 0.05) is 44.0 Å². The maximum Gasteiger partial charge on any atom is 0.269 e. The van der Waals surface area contributed by atoms with Crippen molar-refractivity contribution in [2.75, 3.05) is 63.8 Å². The van der Waals surface area contributed by atoms with Gasteiger partial charge < -0.3 is 9.38 Å². The topological polar surface area (TPSA) is 74.3 Å². The Morgan fingerprint density at radius 1 is 1.10 bits per heavy atom. The van der Waals surface area contributed by atoms with Crippen molar-refractivity contribution in [1.29, 1.82) is 0 Å². The number of rotatable bonds is 8. The fraction of sp³-hybridized carbons (Fsp3) is 0.455. The zero-order valence-electron chi connectivity index (χ0n) is 17.8. The summed E-state index contributed by atoms with van der Waals surface area (Å²) in [5, 5.41) is 19.7. The predicted molar refractivity (Wildman–Crippen MR) is 123 cm³/mol. The number of nitrogens with zero attached hydrogens (tertiary/aromatic N) is 6. The van der Waals surface area contributed by atoms with Gasteiger partial charge in [0.2, 0.25) is 0 Å². The van der Waals surface area contributed by atoms with Crippen LogP contribution in [0.1, 0.15) is 6.92 Å². The van der Waals surface area contributed by atoms with E-state index in [2.05, 4.69) is 27.0 Å². The van der Waals surface area contributed by atoms with Crippen molar-refractivity contribution in [3.8, 4) is 0 Å². The van der Waals surface area contributed by atoms with Crippen LogP contribution < -0.4 is 4.90 Å². The molecule has 0 atom stereocenters. The molecular weight excluding hydrogens is 416 g/mol. The molecule has 2 aromatic rings. The van der Waals surface area contributed by atoms with Gasteiger partial charge in [-0.3, -0.25) is 15.0 Å². The van der Waals surface area contributed by atoms with Gasteiger partial charge in [0.15, 0.2) is 0 Å². The van der Waals surface area contributed by atoms with Crippen LogP contribution in [0, 0.1) is 10.1 Å². The molecule has 0 N–H and O–H groups in total. The third-order valence-corrected chi connectivity index (χ3v) is 6.83. The number of likely N-dealkylation sites (N-methyl/N-ethyl adjacent to an activating group) is 1. The standard InChI is InChI=1S/C22H28ClN6O2/c1-2-27(12-16-29-13-9-26(10-14-29)11-15-29)20-7-8-22(21(23)17-20)25-24-18-3-5-19(6-4-18)28(30)31/h3-8,17H,2,9-16H2,1H3/q+1/b25-24+. The van der Waals surface area contributed by atoms with Crippen molar-refractivity contribution in [2.45, 2.75) is 6.92 Å². The Kier molecular flexibility index (Phi) is 6.50. The molecule has 3 aliphatic heterocycles. The van der Waals surface area contributed by atoms with E-state index in [1.807, 2.05) is 18.2 Å². The molecule has 8 nitrogen and oxygen atoms in total. The number of non-ortho nitro benzene ring substituents is 1. The summed E-state index contributed by atoms with van der Waals surface area (Å²) in [5.74, 6) is 0. The molecule has 5 rings (SSSR count). The molecule has 2 aromatic carbocycles. The molecular formula is C22H28ClN6O2+. The Morgan fingerprint density at radius 2 is 1.77 bits per heavy atom. The van der Waals surface area contributed by atoms with Gasteiger partial charge in [-0.15, -0.1) is 5.11 Å². The van der Waals surface area contributed by atoms with Gasteiger partial charge in [0.1, 0.15) is 5.69 Å². The highest BCUT2D eigenvalue weighted by Crippen LogP contribution is 2.31. The van der Waals surface area contributed by atoms with E-state index in [4.69, 9.17) is 11.6 Å². The van der Waals surface area contributed by atoms with Crippen molar-refractivity contribution in [1.82, 2.24) is 4.90 Å². The average Bonchev–Trinajstić information content (AvgIpc) is 2.80. The zero-order valence-corrected chi connectivity index (χ0v) is 18.5. The van der Waals surface area contributed by atoms with E-state index in [1.165, 1.54) is 62.4 Å². The lowest BCUT2D eigenvalue weighted by molar-refractivity contribution is -0.939. The van der Waals surface area contributed by atoms with Gasteiger partial charge >= 0.3 is 0 Å². The third kappa shape index (κ3) is 5.03. The summed E-state index contributed by atoms with van der Waals surface area (Å²) < 4.78 is 1.24. The van der Waals surface area contributed by atoms with E-state index in [1.54, 1.807) is 12.1 Å². The van der Waals surface area contributed by atoms with Gasteiger partial charge in [-0.1, -0.05) is 11.6 Å². The number of nitro groups is 1. The van der Waals surface area contributed by atoms with E-state index in [0.29, 0.717) is 16.4 Å². The minimum atomic E-state index is -0.439. The molecule has 0 amide bonds. The van der Waals surface area contributed by atoms with Crippen LogP contribution in [0.5, 0.6) is 0 Å². The molecule has 0 saturated carbocycles. The second-order valence-corrected chi connectivity index (χ2v) is 8.67. The number of quaternary nitrogens is 1. The summed E-state index contributed by atoms with van der Waals surface area (Å²) in [7, 11) is 0. The first-order valence-electron chi connectivity index (χ1n) is 10.8. The highest BCUT2D eigenvalue weighted by molar-refractivity contribution is 6.33. The van der Waals surface area contributed by atoms with E-state index in [0.717, 1.165) is 18.8 Å². The minimum Gasteiger partial charge on any atom is -0.366 e. The van der Waals surface area contributed by atoms with Crippen molar-refractivity contribution >= 4 is 34.4 Å². The highest BCUT2D eigenvalue weighted by atomic mass is 35.5. The van der Waals surface area contributed by atoms with Gasteiger partial charge in [-0.25, -0.2) is 0 Å². The van der Waals surface area contributed by atoms with Crippen LogP contribution in [0.15, 0.2) is 52.7 Å². The molecule has 3 saturated heterocycles. The Labute approximate surface area is 187 Å². The Bertz CT molecular complexity index is 943. The summed E-state index contributed by atoms with van der Waals surface area (Å²) >= 11 is 6.49. The van der Waals surface area contributed by atoms with Gasteiger partial charge in [0.25, 0.3) is 5.69 Å². The molecule has 0 aliphatic carbocycles. The van der Waals surface area contributed by atoms with Crippen LogP contribution >= 0.6 is 11.6 Å². The number of benzene rings is 2. The van der Waals surface area contributed by atoms with Gasteiger partial charge in [0.05, 0.1) is 48.4 Å². The average molecular weight is 444 g/mol. The molecule has 0 spiro atoms. The highest BCUT2D eigenvalue weighted by Gasteiger charge is 2.38. The first kappa shape index (κ1) is 21.7. The first-order chi connectivity index (χ1) is 15.0. The predicted octanol–water partition coefficient (Wildman–Crippen LogP) is 4.64. The molecule has 0 aromatic heterocycles. The van der Waals surface area contributed by atoms with Crippen LogP contribution in [0.3, 0.4) is 0 Å². The van der Waals surface area contributed by atoms with Crippen molar-refractivity contribution in [3.05, 3.63) is 57.6 Å². The lowest BCUT2D eigenvalue weighted by Gasteiger charge is -2.51. The van der Waals surface area contributed by atoms with E-state index in [-0.39, 0.29) is 5.69 Å². The molecule has 3 heterocycles. The zero-order chi connectivity index (χ0) is 21.8. The van der Waals surface area contributed by atoms with Crippen LogP contribution in [0.4, 0.5) is 22.7 Å². The van der Waals surface area contributed by atoms with Crippen LogP contribution in [0.2, 0.25) is 5.02 Å². The minimum absolute atomic E-state index is 0.0259. The summed E-state index contributed by atoms with van der Waals surface area (Å²) in [6, 6.07) is 11.8. The van der Waals surface area contributed by atoms with E-state index in [9.17, 15) is 10.1 Å². The maximum atomic E-state index is 10.7. The molecule has 0 unspecified atom stereocenters. The fourth-order valence-corrected chi connectivity index (χ4v) is 4.61. The van der Waals surface area contributed by atoms with Crippen molar-refractivity contribution < 1.29 is 9.41 Å². The summed E-state index contributed by atoms with van der Waals surface area (Å²) in [4.78, 5) is 15.3. The quantitative estimate of drug-likeness (QED) is 0.258. The molecule has 9 heteroatoms. The van der Waals surface area contributed by atoms with E-state index < -0.39 is 4.92 Å². The van der Waals surface area contributed by atoms with Crippen LogP contribution in [0.25, 0.3) is 0 Å². The Morgan fingerprint density at radius 3 is 2.35 bits per heavy atom. The summed E-state index contributed by atoms with van der Waals surface area (Å²) in [5.41, 5.74) is 2.24. The number of hydrogen-bond donors (Lipinski definition) is 0. The number of nitro benzene ring substituents is 1. The molecule has 164 valence electrons. The number of fused-ring (bicyclic) bond motifs is 3. The fourth-order valence-electron chi connectivity index (χ4n) is 4.40. The molecule has 31 heavy (non-hydrogen) atoms. The number of azo groups is 1. The van der Waals surface area contributed by atoms with Gasteiger partial charge in [-0.05, 0) is 37.3 Å². The molecule has 3 aliphatic rings. The summed E-state index contributed by atoms with van der Waals surface area (Å²) in [6.07, 6.45) is 0. The molecule has 0 radical (unpaired) electrons. The first-order valence-corrected chi connectivity index (χ1v) is 11.1. The number of halogens is 1. The number of piperazine rings is 3. The Balaban J connectivity index is 1.41. The smallest absolute Gasteiger partial charge is 0.269 e. The van der Waals surface area contributed by atoms with Crippen molar-refractivity contribution in [3.63, 3.8) is 0 Å². The Hall–Kier alpha value is -2.55. The van der Waals surface area contributed by atoms with E-state index >= 15 is 0 Å². The van der Waals surface area contributed by atoms with Gasteiger partial charge in [-0.2, -0.15) is 5.11 Å². The normalized spacial score (nSPS) is 22.7. The molecule has 3 fully saturated rings. The SMILES string of the molecule is CCN(CC[N+]12CCN(CC1)CC2)c1ccc(/N=N/c2ccc([N+](=O)[O-])cc2)c(Cl)c1. The number of hydrogen-bond acceptors (Lipinski definition) is 6. The number of anilines is 1.